The van der Waals surface area contributed by atoms with E-state index in [-0.39, 0.29) is 19.0 Å². The molecule has 0 unspecified atom stereocenters. The molecule has 3 heteroatoms. The van der Waals surface area contributed by atoms with Gasteiger partial charge in [-0.05, 0) is 16.7 Å². The van der Waals surface area contributed by atoms with Gasteiger partial charge < -0.3 is 10.4 Å². The molecule has 2 N–H and O–H groups in total. The highest BCUT2D eigenvalue weighted by atomic mass is 35.5. The topological polar surface area (TPSA) is 32.3 Å². The number of benzene rings is 1. The van der Waals surface area contributed by atoms with Crippen molar-refractivity contribution in [3.63, 3.8) is 0 Å². The van der Waals surface area contributed by atoms with Crippen LogP contribution in [0.1, 0.15) is 11.1 Å². The molecule has 0 bridgehead atoms. The summed E-state index contributed by atoms with van der Waals surface area (Å²) in [6.07, 6.45) is 2.20. The monoisotopic (exact) mass is 211 g/mol. The number of nitrogens with one attached hydrogen (secondary N) is 1. The van der Waals surface area contributed by atoms with Gasteiger partial charge in [-0.25, -0.2) is 0 Å². The standard InChI is InChI=1S/C11H13NO.ClH/c13-8-9-1-3-10(4-2-9)11-5-6-12-7-11;/h1-5,12-13H,6-8H2;1H. The van der Waals surface area contributed by atoms with E-state index in [4.69, 9.17) is 5.11 Å². The molecule has 14 heavy (non-hydrogen) atoms. The van der Waals surface area contributed by atoms with Crippen LogP contribution in [0.15, 0.2) is 30.3 Å². The molecule has 2 rings (SSSR count). The molecule has 0 fully saturated rings. The number of hydrogen-bond donors (Lipinski definition) is 2. The molecule has 0 atom stereocenters. The molecule has 0 saturated carbocycles. The summed E-state index contributed by atoms with van der Waals surface area (Å²) in [4.78, 5) is 0. The fraction of sp³-hybridized carbons (Fsp3) is 0.273. The maximum atomic E-state index is 8.87. The molecule has 0 aliphatic carbocycles. The lowest BCUT2D eigenvalue weighted by atomic mass is 10.1. The van der Waals surface area contributed by atoms with Gasteiger partial charge in [-0.1, -0.05) is 30.3 Å². The third-order valence-corrected chi connectivity index (χ3v) is 2.32. The van der Waals surface area contributed by atoms with Crippen molar-refractivity contribution in [3.8, 4) is 0 Å². The van der Waals surface area contributed by atoms with Crippen molar-refractivity contribution < 1.29 is 5.11 Å². The van der Waals surface area contributed by atoms with Gasteiger partial charge in [0, 0.05) is 13.1 Å². The highest BCUT2D eigenvalue weighted by Crippen LogP contribution is 2.16. The number of halogens is 1. The molecule has 0 spiro atoms. The molecule has 0 aromatic heterocycles. The summed E-state index contributed by atoms with van der Waals surface area (Å²) in [5.41, 5.74) is 3.57. The van der Waals surface area contributed by atoms with E-state index < -0.39 is 0 Å². The largest absolute Gasteiger partial charge is 0.392 e. The molecule has 76 valence electrons. The number of aliphatic hydroxyl groups excluding tert-OH is 1. The van der Waals surface area contributed by atoms with Gasteiger partial charge in [0.1, 0.15) is 0 Å². The van der Waals surface area contributed by atoms with Crippen molar-refractivity contribution in [2.24, 2.45) is 0 Å². The second-order valence-corrected chi connectivity index (χ2v) is 3.22. The molecule has 0 radical (unpaired) electrons. The van der Waals surface area contributed by atoms with Crippen molar-refractivity contribution in [1.29, 1.82) is 0 Å². The number of hydrogen-bond acceptors (Lipinski definition) is 2. The summed E-state index contributed by atoms with van der Waals surface area (Å²) < 4.78 is 0. The van der Waals surface area contributed by atoms with Crippen LogP contribution in [0.3, 0.4) is 0 Å². The van der Waals surface area contributed by atoms with Crippen LogP contribution in [0.2, 0.25) is 0 Å². The number of rotatable bonds is 2. The first-order valence-corrected chi connectivity index (χ1v) is 4.50. The summed E-state index contributed by atoms with van der Waals surface area (Å²) in [6.45, 7) is 2.05. The smallest absolute Gasteiger partial charge is 0.0681 e. The third-order valence-electron chi connectivity index (χ3n) is 2.32. The van der Waals surface area contributed by atoms with E-state index in [0.29, 0.717) is 0 Å². The van der Waals surface area contributed by atoms with Crippen LogP contribution in [0.5, 0.6) is 0 Å². The minimum absolute atomic E-state index is 0. The van der Waals surface area contributed by atoms with Gasteiger partial charge in [0.2, 0.25) is 0 Å². The Hall–Kier alpha value is -0.830. The Labute approximate surface area is 90.1 Å². The van der Waals surface area contributed by atoms with Crippen LogP contribution in [0.25, 0.3) is 5.57 Å². The lowest BCUT2D eigenvalue weighted by Crippen LogP contribution is -2.07. The van der Waals surface area contributed by atoms with E-state index >= 15 is 0 Å². The average Bonchev–Trinajstić information content (AvgIpc) is 2.71. The minimum Gasteiger partial charge on any atom is -0.392 e. The predicted octanol–water partition coefficient (Wildman–Crippen LogP) is 1.59. The summed E-state index contributed by atoms with van der Waals surface area (Å²) in [5.74, 6) is 0. The zero-order chi connectivity index (χ0) is 9.10. The zero-order valence-electron chi connectivity index (χ0n) is 7.86. The van der Waals surface area contributed by atoms with Gasteiger partial charge in [-0.3, -0.25) is 0 Å². The average molecular weight is 212 g/mol. The van der Waals surface area contributed by atoms with Gasteiger partial charge >= 0.3 is 0 Å². The molecular weight excluding hydrogens is 198 g/mol. The summed E-state index contributed by atoms with van der Waals surface area (Å²) in [6, 6.07) is 8.05. The Morgan fingerprint density at radius 2 is 1.93 bits per heavy atom. The maximum Gasteiger partial charge on any atom is 0.0681 e. The summed E-state index contributed by atoms with van der Waals surface area (Å²) in [5, 5.41) is 12.1. The van der Waals surface area contributed by atoms with Gasteiger partial charge in [0.15, 0.2) is 0 Å². The number of aliphatic hydroxyl groups is 1. The van der Waals surface area contributed by atoms with E-state index in [9.17, 15) is 0 Å². The minimum atomic E-state index is 0. The van der Waals surface area contributed by atoms with E-state index in [1.807, 2.05) is 12.1 Å². The molecule has 0 saturated heterocycles. The van der Waals surface area contributed by atoms with Crippen LogP contribution >= 0.6 is 12.4 Å². The summed E-state index contributed by atoms with van der Waals surface area (Å²) in [7, 11) is 0. The van der Waals surface area contributed by atoms with Crippen LogP contribution in [-0.2, 0) is 6.61 Å². The lowest BCUT2D eigenvalue weighted by Gasteiger charge is -2.02. The molecule has 1 heterocycles. The predicted molar refractivity (Wildman–Crippen MR) is 60.5 cm³/mol. The normalized spacial score (nSPS) is 14.8. The van der Waals surface area contributed by atoms with E-state index in [1.165, 1.54) is 11.1 Å². The zero-order valence-corrected chi connectivity index (χ0v) is 8.68. The van der Waals surface area contributed by atoms with Crippen LogP contribution < -0.4 is 5.32 Å². The van der Waals surface area contributed by atoms with Crippen molar-refractivity contribution in [2.45, 2.75) is 6.61 Å². The fourth-order valence-corrected chi connectivity index (χ4v) is 1.52. The Bertz CT molecular complexity index is 319. The van der Waals surface area contributed by atoms with Crippen LogP contribution in [-0.4, -0.2) is 18.2 Å². The Morgan fingerprint density at radius 1 is 1.21 bits per heavy atom. The molecule has 1 aliphatic rings. The molecule has 1 aromatic carbocycles. The fourth-order valence-electron chi connectivity index (χ4n) is 1.52. The van der Waals surface area contributed by atoms with Crippen molar-refractivity contribution in [2.75, 3.05) is 13.1 Å². The second-order valence-electron chi connectivity index (χ2n) is 3.22. The second kappa shape index (κ2) is 5.15. The lowest BCUT2D eigenvalue weighted by molar-refractivity contribution is 0.282. The van der Waals surface area contributed by atoms with Crippen molar-refractivity contribution in [3.05, 3.63) is 41.5 Å². The van der Waals surface area contributed by atoms with Crippen molar-refractivity contribution >= 4 is 18.0 Å². The highest BCUT2D eigenvalue weighted by Gasteiger charge is 2.05. The Kier molecular flexibility index (Phi) is 4.14. The molecule has 2 nitrogen and oxygen atoms in total. The van der Waals surface area contributed by atoms with Crippen LogP contribution in [0, 0.1) is 0 Å². The molecule has 1 aliphatic heterocycles. The first kappa shape index (κ1) is 11.2. The molecule has 0 amide bonds. The maximum absolute atomic E-state index is 8.87. The first-order valence-electron chi connectivity index (χ1n) is 4.50. The van der Waals surface area contributed by atoms with Gasteiger partial charge in [-0.2, -0.15) is 0 Å². The quantitative estimate of drug-likeness (QED) is 0.779. The van der Waals surface area contributed by atoms with Gasteiger partial charge in [0.25, 0.3) is 0 Å². The van der Waals surface area contributed by atoms with Gasteiger partial charge in [0.05, 0.1) is 6.61 Å². The Balaban J connectivity index is 0.000000980. The van der Waals surface area contributed by atoms with E-state index in [1.54, 1.807) is 0 Å². The SMILES string of the molecule is Cl.OCc1ccc(C2=CCNC2)cc1. The third kappa shape index (κ3) is 2.35. The van der Waals surface area contributed by atoms with Crippen molar-refractivity contribution in [1.82, 2.24) is 5.32 Å². The van der Waals surface area contributed by atoms with Crippen LogP contribution in [0.4, 0.5) is 0 Å². The molecular formula is C11H14ClNO. The summed E-state index contributed by atoms with van der Waals surface area (Å²) >= 11 is 0. The highest BCUT2D eigenvalue weighted by molar-refractivity contribution is 5.85. The first-order chi connectivity index (χ1) is 6.40. The van der Waals surface area contributed by atoms with E-state index in [2.05, 4.69) is 23.5 Å². The Morgan fingerprint density at radius 3 is 2.43 bits per heavy atom. The molecule has 1 aromatic rings. The van der Waals surface area contributed by atoms with E-state index in [0.717, 1.165) is 18.7 Å². The van der Waals surface area contributed by atoms with Gasteiger partial charge in [-0.15, -0.1) is 12.4 Å².